The predicted octanol–water partition coefficient (Wildman–Crippen LogP) is 2.67. The van der Waals surface area contributed by atoms with Gasteiger partial charge in [-0.25, -0.2) is 14.6 Å². The van der Waals surface area contributed by atoms with Crippen LogP contribution in [0.2, 0.25) is 0 Å². The van der Waals surface area contributed by atoms with Gasteiger partial charge >= 0.3 is 11.9 Å². The first-order valence-electron chi connectivity index (χ1n) is 7.19. The van der Waals surface area contributed by atoms with Crippen molar-refractivity contribution < 1.29 is 23.8 Å². The number of methoxy groups -OCH3 is 1. The third-order valence-corrected chi connectivity index (χ3v) is 2.57. The van der Waals surface area contributed by atoms with Crippen LogP contribution in [0.25, 0.3) is 0 Å². The molecule has 0 aliphatic carbocycles. The zero-order valence-corrected chi connectivity index (χ0v) is 13.1. The fourth-order valence-corrected chi connectivity index (χ4v) is 1.49. The Kier molecular flexibility index (Phi) is 7.67. The Morgan fingerprint density at radius 1 is 0.955 bits per heavy atom. The highest BCUT2D eigenvalue weighted by molar-refractivity contribution is 6.63. The first kappa shape index (κ1) is 17.7. The molecule has 0 aliphatic heterocycles. The predicted molar refractivity (Wildman–Crippen MR) is 82.6 cm³/mol. The molecule has 0 N–H and O–H groups in total. The second-order valence-electron chi connectivity index (χ2n) is 4.43. The van der Waals surface area contributed by atoms with Crippen molar-refractivity contribution in [2.75, 3.05) is 20.3 Å². The quantitative estimate of drug-likeness (QED) is 0.419. The van der Waals surface area contributed by atoms with Crippen LogP contribution in [0, 0.1) is 0 Å². The molecule has 1 aromatic rings. The summed E-state index contributed by atoms with van der Waals surface area (Å²) in [5.74, 6) is -0.903. The average Bonchev–Trinajstić information content (AvgIpc) is 2.55. The number of carbonyl (C=O) groups is 2. The van der Waals surface area contributed by atoms with Crippen molar-refractivity contribution in [2.24, 2.45) is 4.99 Å². The lowest BCUT2D eigenvalue weighted by Crippen LogP contribution is -2.28. The Balaban J connectivity index is 2.97. The van der Waals surface area contributed by atoms with E-state index in [1.54, 1.807) is 31.4 Å². The van der Waals surface area contributed by atoms with E-state index in [-0.39, 0.29) is 18.9 Å². The zero-order chi connectivity index (χ0) is 16.4. The molecule has 0 unspecified atom stereocenters. The van der Waals surface area contributed by atoms with Gasteiger partial charge < -0.3 is 14.2 Å². The van der Waals surface area contributed by atoms with Gasteiger partial charge in [0.05, 0.1) is 26.0 Å². The van der Waals surface area contributed by atoms with E-state index in [9.17, 15) is 9.59 Å². The van der Waals surface area contributed by atoms with Gasteiger partial charge in [0.15, 0.2) is 0 Å². The van der Waals surface area contributed by atoms with Gasteiger partial charge in [-0.05, 0) is 37.1 Å². The Hall–Kier alpha value is -2.37. The molecule has 0 saturated heterocycles. The Labute approximate surface area is 130 Å². The van der Waals surface area contributed by atoms with Gasteiger partial charge in [-0.2, -0.15) is 0 Å². The maximum Gasteiger partial charge on any atom is 0.364 e. The Bertz CT molecular complexity index is 500. The normalized spacial score (nSPS) is 9.77. The highest BCUT2D eigenvalue weighted by atomic mass is 16.6. The summed E-state index contributed by atoms with van der Waals surface area (Å²) in [6.45, 7) is 4.18. The number of esters is 2. The smallest absolute Gasteiger partial charge is 0.364 e. The van der Waals surface area contributed by atoms with Crippen LogP contribution < -0.4 is 4.74 Å². The molecule has 22 heavy (non-hydrogen) atoms. The van der Waals surface area contributed by atoms with E-state index >= 15 is 0 Å². The highest BCUT2D eigenvalue weighted by Gasteiger charge is 2.23. The third-order valence-electron chi connectivity index (χ3n) is 2.57. The van der Waals surface area contributed by atoms with Crippen LogP contribution in [-0.2, 0) is 19.1 Å². The summed E-state index contributed by atoms with van der Waals surface area (Å²) < 4.78 is 15.0. The molecule has 6 nitrogen and oxygen atoms in total. The summed E-state index contributed by atoms with van der Waals surface area (Å²) in [6.07, 6.45) is 1.32. The van der Waals surface area contributed by atoms with Crippen molar-refractivity contribution in [1.82, 2.24) is 0 Å². The van der Waals surface area contributed by atoms with Gasteiger partial charge in [0.1, 0.15) is 5.75 Å². The molecule has 0 spiro atoms. The summed E-state index contributed by atoms with van der Waals surface area (Å²) in [5, 5.41) is 0. The molecular weight excluding hydrogens is 286 g/mol. The molecule has 0 bridgehead atoms. The molecule has 0 aliphatic rings. The fraction of sp³-hybridized carbons (Fsp3) is 0.438. The van der Waals surface area contributed by atoms with Gasteiger partial charge in [-0.3, -0.25) is 0 Å². The van der Waals surface area contributed by atoms with Crippen molar-refractivity contribution in [3.63, 3.8) is 0 Å². The number of aliphatic imine (C=N–C) groups is 1. The number of hydrogen-bond donors (Lipinski definition) is 0. The van der Waals surface area contributed by atoms with Gasteiger partial charge in [-0.1, -0.05) is 13.8 Å². The molecule has 120 valence electrons. The number of rotatable bonds is 8. The van der Waals surface area contributed by atoms with Gasteiger partial charge in [-0.15, -0.1) is 0 Å². The molecule has 0 fully saturated rings. The van der Waals surface area contributed by atoms with Crippen molar-refractivity contribution in [1.29, 1.82) is 0 Å². The van der Waals surface area contributed by atoms with Crippen LogP contribution in [0.4, 0.5) is 5.69 Å². The van der Waals surface area contributed by atoms with Crippen LogP contribution in [-0.4, -0.2) is 38.0 Å². The fourth-order valence-electron chi connectivity index (χ4n) is 1.49. The van der Waals surface area contributed by atoms with Crippen LogP contribution >= 0.6 is 0 Å². The second kappa shape index (κ2) is 9.55. The maximum atomic E-state index is 12.0. The molecule has 0 amide bonds. The number of benzene rings is 1. The van der Waals surface area contributed by atoms with E-state index in [4.69, 9.17) is 14.2 Å². The van der Waals surface area contributed by atoms with Crippen molar-refractivity contribution in [2.45, 2.75) is 26.7 Å². The largest absolute Gasteiger partial charge is 0.497 e. The minimum atomic E-state index is -0.779. The lowest BCUT2D eigenvalue weighted by molar-refractivity contribution is -0.141. The van der Waals surface area contributed by atoms with Crippen molar-refractivity contribution in [3.05, 3.63) is 24.3 Å². The van der Waals surface area contributed by atoms with E-state index < -0.39 is 11.9 Å². The van der Waals surface area contributed by atoms with Gasteiger partial charge in [0.25, 0.3) is 0 Å². The molecule has 0 radical (unpaired) electrons. The number of ether oxygens (including phenoxy) is 3. The molecule has 0 aromatic heterocycles. The van der Waals surface area contributed by atoms with Gasteiger partial charge in [0.2, 0.25) is 5.71 Å². The number of nitrogens with zero attached hydrogens (tertiary/aromatic N) is 1. The zero-order valence-electron chi connectivity index (χ0n) is 13.1. The Morgan fingerprint density at radius 2 is 1.45 bits per heavy atom. The minimum absolute atomic E-state index is 0.224. The second-order valence-corrected chi connectivity index (χ2v) is 4.43. The van der Waals surface area contributed by atoms with Crippen molar-refractivity contribution in [3.8, 4) is 5.75 Å². The number of carbonyl (C=O) groups excluding carboxylic acids is 2. The SMILES string of the molecule is CCCOC(=O)C(=Nc1ccc(OC)cc1)C(=O)OCCC. The molecule has 0 atom stereocenters. The monoisotopic (exact) mass is 307 g/mol. The Morgan fingerprint density at radius 3 is 1.86 bits per heavy atom. The van der Waals surface area contributed by atoms with E-state index in [2.05, 4.69) is 4.99 Å². The van der Waals surface area contributed by atoms with Crippen molar-refractivity contribution >= 4 is 23.3 Å². The summed E-state index contributed by atoms with van der Waals surface area (Å²) in [7, 11) is 1.55. The molecule has 6 heteroatoms. The first-order valence-corrected chi connectivity index (χ1v) is 7.19. The third kappa shape index (κ3) is 5.55. The van der Waals surface area contributed by atoms with E-state index in [0.29, 0.717) is 24.3 Å². The first-order chi connectivity index (χ1) is 10.6. The van der Waals surface area contributed by atoms with Gasteiger partial charge in [0, 0.05) is 0 Å². The topological polar surface area (TPSA) is 74.2 Å². The highest BCUT2D eigenvalue weighted by Crippen LogP contribution is 2.18. The van der Waals surface area contributed by atoms with E-state index in [0.717, 1.165) is 0 Å². The van der Waals surface area contributed by atoms with E-state index in [1.165, 1.54) is 0 Å². The van der Waals surface area contributed by atoms with Crippen LogP contribution in [0.5, 0.6) is 5.75 Å². The average molecular weight is 307 g/mol. The van der Waals surface area contributed by atoms with Crippen LogP contribution in [0.3, 0.4) is 0 Å². The van der Waals surface area contributed by atoms with E-state index in [1.807, 2.05) is 13.8 Å². The van der Waals surface area contributed by atoms with Crippen LogP contribution in [0.1, 0.15) is 26.7 Å². The molecule has 1 aromatic carbocycles. The molecule has 0 heterocycles. The lowest BCUT2D eigenvalue weighted by Gasteiger charge is -2.07. The summed E-state index contributed by atoms with van der Waals surface area (Å²) >= 11 is 0. The molecule has 0 saturated carbocycles. The number of hydrogen-bond acceptors (Lipinski definition) is 6. The molecule has 1 rings (SSSR count). The summed E-state index contributed by atoms with van der Waals surface area (Å²) in [6, 6.07) is 6.65. The van der Waals surface area contributed by atoms with Crippen LogP contribution in [0.15, 0.2) is 29.3 Å². The minimum Gasteiger partial charge on any atom is -0.497 e. The lowest BCUT2D eigenvalue weighted by atomic mass is 10.3. The summed E-state index contributed by atoms with van der Waals surface area (Å²) in [4.78, 5) is 28.0. The summed E-state index contributed by atoms with van der Waals surface area (Å²) in [5.41, 5.74) is 0.0877. The molecular formula is C16H21NO5. The maximum absolute atomic E-state index is 12.0. The standard InChI is InChI=1S/C16H21NO5/c1-4-10-21-15(18)14(16(19)22-11-5-2)17-12-6-8-13(20-3)9-7-12/h6-9H,4-5,10-11H2,1-3H3.